The fourth-order valence-corrected chi connectivity index (χ4v) is 0.524. The molecule has 0 aliphatic carbocycles. The first-order chi connectivity index (χ1) is 6.43. The van der Waals surface area contributed by atoms with Crippen LogP contribution in [0.5, 0.6) is 0 Å². The van der Waals surface area contributed by atoms with Gasteiger partial charge in [0.05, 0.1) is 6.20 Å². The lowest BCUT2D eigenvalue weighted by molar-refractivity contribution is -0.934. The highest BCUT2D eigenvalue weighted by atomic mass is 19.5. The maximum atomic E-state index is 9.75. The molecule has 1 aromatic rings. The van der Waals surface area contributed by atoms with Gasteiger partial charge in [0, 0.05) is 11.2 Å². The van der Waals surface area contributed by atoms with E-state index in [4.69, 9.17) is 4.84 Å². The highest BCUT2D eigenvalue weighted by Crippen LogP contribution is 2.06. The van der Waals surface area contributed by atoms with Crippen LogP contribution in [0.2, 0.25) is 0 Å². The van der Waals surface area contributed by atoms with Gasteiger partial charge in [-0.3, -0.25) is 0 Å². The molecule has 0 aromatic carbocycles. The summed E-state index contributed by atoms with van der Waals surface area (Å²) in [5, 5.41) is 3.86. The van der Waals surface area contributed by atoms with E-state index in [2.05, 4.69) is 5.10 Å². The lowest BCUT2D eigenvalue weighted by Crippen LogP contribution is -2.45. The monoisotopic (exact) mass is 212 g/mol. The summed E-state index contributed by atoms with van der Waals surface area (Å²) in [7, 11) is -6.00. The summed E-state index contributed by atoms with van der Waals surface area (Å²) >= 11 is 0. The van der Waals surface area contributed by atoms with Gasteiger partial charge >= 0.3 is 7.25 Å². The molecule has 0 saturated carbocycles. The van der Waals surface area contributed by atoms with Crippen LogP contribution in [-0.2, 0) is 0 Å². The van der Waals surface area contributed by atoms with Crippen LogP contribution in [0.15, 0.2) is 24.5 Å². The lowest BCUT2D eigenvalue weighted by atomic mass is 10.3. The number of hydrogen-bond acceptors (Lipinski definition) is 2. The first-order valence-corrected chi connectivity index (χ1v) is 3.77. The number of rotatable bonds is 2. The predicted molar refractivity (Wildman–Crippen MR) is 41.7 cm³/mol. The van der Waals surface area contributed by atoms with Crippen LogP contribution in [0.4, 0.5) is 17.3 Å². The molecule has 1 aromatic heterocycles. The average molecular weight is 212 g/mol. The van der Waals surface area contributed by atoms with E-state index in [0.29, 0.717) is 6.61 Å². The van der Waals surface area contributed by atoms with E-state index in [9.17, 15) is 17.3 Å². The Labute approximate surface area is 78.4 Å². The highest BCUT2D eigenvalue weighted by Gasteiger charge is 2.20. The molecule has 3 nitrogen and oxygen atoms in total. The third-order valence-corrected chi connectivity index (χ3v) is 0.853. The number of aromatic nitrogens is 2. The van der Waals surface area contributed by atoms with E-state index in [1.807, 2.05) is 19.1 Å². The summed E-state index contributed by atoms with van der Waals surface area (Å²) < 4.78 is 39.0. The van der Waals surface area contributed by atoms with E-state index < -0.39 is 7.25 Å². The Morgan fingerprint density at radius 2 is 1.86 bits per heavy atom. The quantitative estimate of drug-likeness (QED) is 0.417. The van der Waals surface area contributed by atoms with Crippen molar-refractivity contribution in [2.45, 2.75) is 6.92 Å². The molecule has 0 saturated heterocycles. The molecule has 0 fully saturated rings. The smallest absolute Gasteiger partial charge is 0.418 e. The van der Waals surface area contributed by atoms with Crippen molar-refractivity contribution >= 4 is 7.25 Å². The Balaban J connectivity index is 0.000000292. The van der Waals surface area contributed by atoms with Crippen LogP contribution in [0.25, 0.3) is 0 Å². The Kier molecular flexibility index (Phi) is 5.58. The normalized spacial score (nSPS) is 10.1. The zero-order chi connectivity index (χ0) is 11.0. The second-order valence-corrected chi connectivity index (χ2v) is 2.01. The number of nitrogens with zero attached hydrogens (tertiary/aromatic N) is 2. The summed E-state index contributed by atoms with van der Waals surface area (Å²) in [4.78, 5) is 6.44. The minimum Gasteiger partial charge on any atom is -0.418 e. The van der Waals surface area contributed by atoms with Gasteiger partial charge in [0.1, 0.15) is 4.85 Å². The third kappa shape index (κ3) is 10.7. The molecule has 0 spiro atoms. The molecule has 0 aliphatic heterocycles. The van der Waals surface area contributed by atoms with Gasteiger partial charge in [0.15, 0.2) is 6.61 Å². The summed E-state index contributed by atoms with van der Waals surface area (Å²) in [5.41, 5.74) is 0. The van der Waals surface area contributed by atoms with Gasteiger partial charge in [-0.2, -0.15) is 0 Å². The standard InChI is InChI=1S/C6H9N2O.BF4/c1-2-9-8-6-4-3-5-7-8;2-1(3,4)5/h3-6H,2H2,1H3;/q+1;-1. The first kappa shape index (κ1) is 12.7. The molecule has 8 heteroatoms. The van der Waals surface area contributed by atoms with Gasteiger partial charge in [-0.1, -0.05) is 0 Å². The summed E-state index contributed by atoms with van der Waals surface area (Å²) in [6.45, 7) is 2.56. The Morgan fingerprint density at radius 3 is 2.21 bits per heavy atom. The highest BCUT2D eigenvalue weighted by molar-refractivity contribution is 6.50. The van der Waals surface area contributed by atoms with Crippen LogP contribution in [0.1, 0.15) is 6.92 Å². The van der Waals surface area contributed by atoms with Gasteiger partial charge in [0.2, 0.25) is 0 Å². The fraction of sp³-hybridized carbons (Fsp3) is 0.333. The topological polar surface area (TPSA) is 26.0 Å². The van der Waals surface area contributed by atoms with E-state index in [-0.39, 0.29) is 0 Å². The Bertz CT molecular complexity index is 237. The molecular weight excluding hydrogens is 203 g/mol. The van der Waals surface area contributed by atoms with Crippen LogP contribution in [-0.4, -0.2) is 19.0 Å². The molecular formula is C6H9BF4N2O. The molecule has 0 N–H and O–H groups in total. The third-order valence-electron chi connectivity index (χ3n) is 0.853. The van der Waals surface area contributed by atoms with Crippen molar-refractivity contribution in [3.05, 3.63) is 24.5 Å². The van der Waals surface area contributed by atoms with Crippen molar-refractivity contribution in [3.63, 3.8) is 0 Å². The van der Waals surface area contributed by atoms with Crippen molar-refractivity contribution in [2.75, 3.05) is 6.61 Å². The fourth-order valence-electron chi connectivity index (χ4n) is 0.524. The van der Waals surface area contributed by atoms with E-state index in [1.54, 1.807) is 12.4 Å². The van der Waals surface area contributed by atoms with Gasteiger partial charge in [-0.15, -0.1) is 0 Å². The summed E-state index contributed by atoms with van der Waals surface area (Å²) in [6.07, 6.45) is 3.43. The molecule has 0 bridgehead atoms. The van der Waals surface area contributed by atoms with Crippen LogP contribution in [0, 0.1) is 0 Å². The zero-order valence-corrected chi connectivity index (χ0v) is 7.41. The molecule has 1 heterocycles. The zero-order valence-electron chi connectivity index (χ0n) is 7.41. The molecule has 0 unspecified atom stereocenters. The maximum absolute atomic E-state index is 9.75. The van der Waals surface area contributed by atoms with Crippen molar-refractivity contribution in [2.24, 2.45) is 0 Å². The molecule has 0 aliphatic rings. The minimum atomic E-state index is -6.00. The second-order valence-electron chi connectivity index (χ2n) is 2.01. The Morgan fingerprint density at radius 1 is 1.29 bits per heavy atom. The SMILES string of the molecule is CCO[n+]1ccccn1.F[B-](F)(F)F. The summed E-state index contributed by atoms with van der Waals surface area (Å²) in [5.74, 6) is 0. The molecule has 1 rings (SSSR count). The van der Waals surface area contributed by atoms with Gasteiger partial charge in [-0.25, -0.2) is 4.84 Å². The van der Waals surface area contributed by atoms with E-state index in [1.165, 1.54) is 4.85 Å². The van der Waals surface area contributed by atoms with Crippen molar-refractivity contribution in [1.29, 1.82) is 0 Å². The molecule has 0 radical (unpaired) electrons. The van der Waals surface area contributed by atoms with Crippen LogP contribution < -0.4 is 9.68 Å². The molecule has 0 atom stereocenters. The summed E-state index contributed by atoms with van der Waals surface area (Å²) in [6, 6.07) is 3.71. The minimum absolute atomic E-state index is 0.641. The van der Waals surface area contributed by atoms with Crippen LogP contribution >= 0.6 is 0 Å². The largest absolute Gasteiger partial charge is 0.673 e. The van der Waals surface area contributed by atoms with Crippen molar-refractivity contribution < 1.29 is 26.9 Å². The number of hydrogen-bond donors (Lipinski definition) is 0. The van der Waals surface area contributed by atoms with Gasteiger partial charge in [-0.05, 0) is 13.0 Å². The molecule has 14 heavy (non-hydrogen) atoms. The van der Waals surface area contributed by atoms with E-state index >= 15 is 0 Å². The molecule has 80 valence electrons. The van der Waals surface area contributed by atoms with Gasteiger partial charge < -0.3 is 17.3 Å². The average Bonchev–Trinajstić information content (AvgIpc) is 2.03. The van der Waals surface area contributed by atoms with Crippen LogP contribution in [0.3, 0.4) is 0 Å². The van der Waals surface area contributed by atoms with Crippen molar-refractivity contribution in [1.82, 2.24) is 5.10 Å². The molecule has 0 amide bonds. The maximum Gasteiger partial charge on any atom is 0.673 e. The van der Waals surface area contributed by atoms with Crippen molar-refractivity contribution in [3.8, 4) is 0 Å². The van der Waals surface area contributed by atoms with E-state index in [0.717, 1.165) is 0 Å². The first-order valence-electron chi connectivity index (χ1n) is 3.77. The Hall–Kier alpha value is -1.34. The predicted octanol–water partition coefficient (Wildman–Crippen LogP) is 1.12. The van der Waals surface area contributed by atoms with Gasteiger partial charge in [0.25, 0.3) is 6.20 Å². The second kappa shape index (κ2) is 6.17. The number of halogens is 4. The lowest BCUT2D eigenvalue weighted by Gasteiger charge is -1.94.